The molecule has 0 spiro atoms. The molecule has 11 heteroatoms. The fourth-order valence-corrected chi connectivity index (χ4v) is 1.14. The maximum Gasteiger partial charge on any atom is 0.394 e. The van der Waals surface area contributed by atoms with Gasteiger partial charge in [-0.2, -0.15) is 16.8 Å². The highest BCUT2D eigenvalue weighted by Crippen LogP contribution is 1.96. The van der Waals surface area contributed by atoms with Gasteiger partial charge < -0.3 is 4.98 Å². The molecule has 1 heterocycles. The summed E-state index contributed by atoms with van der Waals surface area (Å²) >= 11 is 0. The second kappa shape index (κ2) is 5.18. The Morgan fingerprint density at radius 1 is 1.06 bits per heavy atom. The first-order valence-corrected chi connectivity index (χ1v) is 6.20. The molecular weight excluding hydrogens is 266 g/mol. The van der Waals surface area contributed by atoms with Gasteiger partial charge in [0.15, 0.2) is 4.90 Å². The summed E-state index contributed by atoms with van der Waals surface area (Å²) in [6.45, 7) is 0. The molecule has 0 amide bonds. The predicted octanol–water partition coefficient (Wildman–Crippen LogP) is -1.03. The quantitative estimate of drug-likeness (QED) is 0.472. The molecule has 16 heavy (non-hydrogen) atoms. The third-order valence-electron chi connectivity index (χ3n) is 1.07. The van der Waals surface area contributed by atoms with Crippen LogP contribution in [-0.2, 0) is 20.5 Å². The van der Waals surface area contributed by atoms with E-state index in [1.807, 2.05) is 0 Å². The number of nitrogens with one attached hydrogen (secondary N) is 1. The standard InChI is InChI=1S/C5H5NO4S.H2O4S/c7-4-1-2-6-3-5(4)11(8,9)10;1-5(2,3)4/h1-3H,(H,6,7)(H,8,9,10);(H2,1,2,3,4). The Morgan fingerprint density at radius 2 is 1.50 bits per heavy atom. The first-order valence-electron chi connectivity index (χ1n) is 3.36. The van der Waals surface area contributed by atoms with Crippen molar-refractivity contribution in [2.24, 2.45) is 0 Å². The molecule has 0 aliphatic carbocycles. The molecule has 9 nitrogen and oxygen atoms in total. The highest BCUT2D eigenvalue weighted by molar-refractivity contribution is 7.85. The van der Waals surface area contributed by atoms with E-state index in [1.165, 1.54) is 6.20 Å². The number of hydrogen-bond acceptors (Lipinski definition) is 5. The van der Waals surface area contributed by atoms with E-state index in [-0.39, 0.29) is 0 Å². The molecule has 0 unspecified atom stereocenters. The summed E-state index contributed by atoms with van der Waals surface area (Å²) in [7, 11) is -9.04. The fraction of sp³-hybridized carbons (Fsp3) is 0. The van der Waals surface area contributed by atoms with Gasteiger partial charge in [-0.05, 0) is 0 Å². The van der Waals surface area contributed by atoms with Gasteiger partial charge in [-0.3, -0.25) is 18.5 Å². The number of hydrogen-bond donors (Lipinski definition) is 4. The maximum absolute atomic E-state index is 10.7. The van der Waals surface area contributed by atoms with Crippen molar-refractivity contribution in [2.45, 2.75) is 4.90 Å². The van der Waals surface area contributed by atoms with E-state index in [0.29, 0.717) is 0 Å². The molecule has 0 aromatic carbocycles. The van der Waals surface area contributed by atoms with Gasteiger partial charge in [0.25, 0.3) is 10.1 Å². The SMILES string of the molecule is O=S(=O)(O)O.O=c1cc[nH]cc1S(=O)(=O)O. The molecule has 1 rings (SSSR count). The molecule has 0 aliphatic heterocycles. The topological polar surface area (TPSA) is 162 Å². The largest absolute Gasteiger partial charge is 0.394 e. The summed E-state index contributed by atoms with van der Waals surface area (Å²) in [6.07, 6.45) is 2.20. The van der Waals surface area contributed by atoms with Crippen LogP contribution in [0, 0.1) is 0 Å². The van der Waals surface area contributed by atoms with Gasteiger partial charge in [0.2, 0.25) is 5.43 Å². The zero-order valence-electron chi connectivity index (χ0n) is 7.43. The molecule has 1 aromatic heterocycles. The van der Waals surface area contributed by atoms with Gasteiger partial charge in [-0.15, -0.1) is 0 Å². The molecular formula is C5H7NO8S2. The van der Waals surface area contributed by atoms with Crippen LogP contribution in [0.1, 0.15) is 0 Å². The Kier molecular flexibility index (Phi) is 4.77. The lowest BCUT2D eigenvalue weighted by atomic mass is 10.5. The monoisotopic (exact) mass is 273 g/mol. The average molecular weight is 273 g/mol. The highest BCUT2D eigenvalue weighted by Gasteiger charge is 2.12. The van der Waals surface area contributed by atoms with E-state index in [0.717, 1.165) is 12.3 Å². The minimum absolute atomic E-state index is 0.639. The van der Waals surface area contributed by atoms with E-state index in [9.17, 15) is 13.2 Å². The molecule has 0 aliphatic rings. The van der Waals surface area contributed by atoms with E-state index in [2.05, 4.69) is 4.98 Å². The number of aromatic nitrogens is 1. The van der Waals surface area contributed by atoms with Crippen molar-refractivity contribution in [3.05, 3.63) is 28.7 Å². The Morgan fingerprint density at radius 3 is 1.75 bits per heavy atom. The minimum Gasteiger partial charge on any atom is -0.366 e. The van der Waals surface area contributed by atoms with Crippen molar-refractivity contribution in [3.63, 3.8) is 0 Å². The molecule has 0 bridgehead atoms. The number of H-pyrrole nitrogens is 1. The summed E-state index contributed by atoms with van der Waals surface area (Å²) in [4.78, 5) is 12.4. The van der Waals surface area contributed by atoms with Crippen LogP contribution in [0.15, 0.2) is 28.2 Å². The maximum atomic E-state index is 10.7. The van der Waals surface area contributed by atoms with Crippen LogP contribution in [0.4, 0.5) is 0 Å². The number of pyridine rings is 1. The summed E-state index contributed by atoms with van der Waals surface area (Å²) in [5.41, 5.74) is -0.730. The van der Waals surface area contributed by atoms with Crippen LogP contribution < -0.4 is 5.43 Å². The summed E-state index contributed by atoms with van der Waals surface area (Å²) in [5.74, 6) is 0. The molecule has 92 valence electrons. The van der Waals surface area contributed by atoms with Crippen LogP contribution in [0.5, 0.6) is 0 Å². The van der Waals surface area contributed by atoms with Gasteiger partial charge in [-0.1, -0.05) is 0 Å². The normalized spacial score (nSPS) is 11.4. The third kappa shape index (κ3) is 7.08. The van der Waals surface area contributed by atoms with Crippen molar-refractivity contribution in [1.82, 2.24) is 4.98 Å². The fourth-order valence-electron chi connectivity index (χ4n) is 0.602. The van der Waals surface area contributed by atoms with E-state index < -0.39 is 30.8 Å². The summed E-state index contributed by atoms with van der Waals surface area (Å²) in [6, 6.07) is 1.02. The van der Waals surface area contributed by atoms with Gasteiger partial charge in [0, 0.05) is 18.5 Å². The van der Waals surface area contributed by atoms with E-state index in [1.54, 1.807) is 0 Å². The zero-order chi connectivity index (χ0) is 13.0. The van der Waals surface area contributed by atoms with Crippen LogP contribution in [0.3, 0.4) is 0 Å². The van der Waals surface area contributed by atoms with Crippen molar-refractivity contribution < 1.29 is 30.5 Å². The number of aromatic amines is 1. The number of rotatable bonds is 1. The van der Waals surface area contributed by atoms with Crippen LogP contribution in [0.25, 0.3) is 0 Å². The second-order valence-electron chi connectivity index (χ2n) is 2.30. The lowest BCUT2D eigenvalue weighted by molar-refractivity contribution is 0.381. The van der Waals surface area contributed by atoms with E-state index in [4.69, 9.17) is 22.1 Å². The van der Waals surface area contributed by atoms with Crippen molar-refractivity contribution in [2.75, 3.05) is 0 Å². The van der Waals surface area contributed by atoms with Gasteiger partial charge in [0.1, 0.15) is 0 Å². The molecule has 0 radical (unpaired) electrons. The molecule has 0 fully saturated rings. The van der Waals surface area contributed by atoms with Gasteiger partial charge >= 0.3 is 10.4 Å². The van der Waals surface area contributed by atoms with Gasteiger partial charge in [-0.25, -0.2) is 0 Å². The van der Waals surface area contributed by atoms with E-state index >= 15 is 0 Å². The first-order chi connectivity index (χ1) is 7.02. The predicted molar refractivity (Wildman–Crippen MR) is 51.1 cm³/mol. The Labute approximate surface area is 90.1 Å². The highest BCUT2D eigenvalue weighted by atomic mass is 32.3. The Bertz CT molecular complexity index is 589. The zero-order valence-corrected chi connectivity index (χ0v) is 9.06. The lowest BCUT2D eigenvalue weighted by Crippen LogP contribution is -2.12. The minimum atomic E-state index is -4.67. The molecule has 1 aromatic rings. The van der Waals surface area contributed by atoms with Crippen LogP contribution in [-0.4, -0.2) is 35.5 Å². The molecule has 0 atom stereocenters. The lowest BCUT2D eigenvalue weighted by Gasteiger charge is -1.91. The average Bonchev–Trinajstić information content (AvgIpc) is 1.99. The van der Waals surface area contributed by atoms with Crippen molar-refractivity contribution >= 4 is 20.5 Å². The van der Waals surface area contributed by atoms with Crippen molar-refractivity contribution in [1.29, 1.82) is 0 Å². The second-order valence-corrected chi connectivity index (χ2v) is 4.58. The summed E-state index contributed by atoms with van der Waals surface area (Å²) in [5, 5.41) is 0. The van der Waals surface area contributed by atoms with Crippen molar-refractivity contribution in [3.8, 4) is 0 Å². The van der Waals surface area contributed by atoms with Crippen LogP contribution in [0.2, 0.25) is 0 Å². The Hall–Kier alpha value is -1.27. The smallest absolute Gasteiger partial charge is 0.366 e. The molecule has 0 saturated heterocycles. The first kappa shape index (κ1) is 14.7. The Balaban J connectivity index is 0.000000385. The van der Waals surface area contributed by atoms with Gasteiger partial charge in [0.05, 0.1) is 0 Å². The molecule has 0 saturated carbocycles. The third-order valence-corrected chi connectivity index (χ3v) is 1.94. The summed E-state index contributed by atoms with van der Waals surface area (Å²) < 4.78 is 60.8. The van der Waals surface area contributed by atoms with Crippen LogP contribution >= 0.6 is 0 Å². The molecule has 4 N–H and O–H groups in total.